The minimum atomic E-state index is -0.0233. The molecule has 0 amide bonds. The zero-order valence-corrected chi connectivity index (χ0v) is 14.3. The van der Waals surface area contributed by atoms with E-state index in [-0.39, 0.29) is 11.3 Å². The van der Waals surface area contributed by atoms with Crippen LogP contribution in [0.4, 0.5) is 0 Å². The van der Waals surface area contributed by atoms with E-state index >= 15 is 0 Å². The summed E-state index contributed by atoms with van der Waals surface area (Å²) in [5.74, 6) is 0.208. The molecular formula is C18H30N2O. The van der Waals surface area contributed by atoms with E-state index in [0.29, 0.717) is 12.6 Å². The van der Waals surface area contributed by atoms with E-state index in [1.165, 1.54) is 37.8 Å². The third-order valence-electron chi connectivity index (χ3n) is 4.50. The van der Waals surface area contributed by atoms with Gasteiger partial charge in [-0.05, 0) is 53.5 Å². The first-order valence-electron chi connectivity index (χ1n) is 8.26. The van der Waals surface area contributed by atoms with Gasteiger partial charge in [0.05, 0.1) is 6.54 Å². The fraction of sp³-hybridized carbons (Fsp3) is 0.722. The Morgan fingerprint density at radius 2 is 1.86 bits per heavy atom. The van der Waals surface area contributed by atoms with Gasteiger partial charge in [-0.2, -0.15) is 0 Å². The van der Waals surface area contributed by atoms with Crippen LogP contribution in [0, 0.1) is 13.8 Å². The number of carbonyl (C=O) groups is 1. The molecule has 2 rings (SSSR count). The van der Waals surface area contributed by atoms with E-state index in [0.717, 1.165) is 11.3 Å². The molecule has 21 heavy (non-hydrogen) atoms. The van der Waals surface area contributed by atoms with Crippen molar-refractivity contribution in [3.8, 4) is 0 Å². The van der Waals surface area contributed by atoms with Crippen molar-refractivity contribution in [2.75, 3.05) is 6.54 Å². The molecule has 0 atom stereocenters. The van der Waals surface area contributed by atoms with Crippen molar-refractivity contribution in [1.82, 2.24) is 9.88 Å². The molecule has 3 heteroatoms. The van der Waals surface area contributed by atoms with Gasteiger partial charge in [-0.3, -0.25) is 4.79 Å². The number of aromatic nitrogens is 1. The van der Waals surface area contributed by atoms with Gasteiger partial charge in [-0.25, -0.2) is 0 Å². The van der Waals surface area contributed by atoms with E-state index in [9.17, 15) is 4.79 Å². The Morgan fingerprint density at radius 1 is 1.24 bits per heavy atom. The Hall–Kier alpha value is -1.09. The molecule has 1 fully saturated rings. The van der Waals surface area contributed by atoms with Crippen molar-refractivity contribution < 1.29 is 4.79 Å². The predicted molar refractivity (Wildman–Crippen MR) is 88.1 cm³/mol. The molecule has 3 nitrogen and oxygen atoms in total. The van der Waals surface area contributed by atoms with Gasteiger partial charge in [-0.15, -0.1) is 0 Å². The zero-order chi connectivity index (χ0) is 15.6. The van der Waals surface area contributed by atoms with Crippen LogP contribution in [0.25, 0.3) is 0 Å². The lowest BCUT2D eigenvalue weighted by atomic mass is 9.95. The molecule has 1 aromatic heterocycles. The molecule has 0 saturated heterocycles. The molecule has 1 N–H and O–H groups in total. The largest absolute Gasteiger partial charge is 0.345 e. The van der Waals surface area contributed by atoms with Crippen LogP contribution < -0.4 is 5.32 Å². The predicted octanol–water partition coefficient (Wildman–Crippen LogP) is 4.18. The molecule has 1 aliphatic rings. The Labute approximate surface area is 129 Å². The summed E-state index contributed by atoms with van der Waals surface area (Å²) < 4.78 is 2.41. The van der Waals surface area contributed by atoms with Crippen LogP contribution in [-0.4, -0.2) is 22.4 Å². The lowest BCUT2D eigenvalue weighted by molar-refractivity contribution is 0.0981. The van der Waals surface area contributed by atoms with Crippen molar-refractivity contribution in [2.45, 2.75) is 78.3 Å². The number of nitrogens with zero attached hydrogens (tertiary/aromatic N) is 1. The highest BCUT2D eigenvalue weighted by molar-refractivity contribution is 5.99. The van der Waals surface area contributed by atoms with E-state index in [1.54, 1.807) is 0 Å². The SMILES string of the molecule is Cc1cc(C(=O)CNC(C)(C)C)c(C)n1C1CCCCC1. The summed E-state index contributed by atoms with van der Waals surface area (Å²) >= 11 is 0. The van der Waals surface area contributed by atoms with Gasteiger partial charge in [0.15, 0.2) is 5.78 Å². The standard InChI is InChI=1S/C18H30N2O/c1-13-11-16(17(21)12-19-18(3,4)5)14(2)20(13)15-9-7-6-8-10-15/h11,15,19H,6-10,12H2,1-5H3. The van der Waals surface area contributed by atoms with Gasteiger partial charge in [0.1, 0.15) is 0 Å². The van der Waals surface area contributed by atoms with Crippen molar-refractivity contribution in [2.24, 2.45) is 0 Å². The highest BCUT2D eigenvalue weighted by Gasteiger charge is 2.23. The van der Waals surface area contributed by atoms with Crippen LogP contribution in [0.3, 0.4) is 0 Å². The molecule has 1 aliphatic carbocycles. The van der Waals surface area contributed by atoms with E-state index < -0.39 is 0 Å². The summed E-state index contributed by atoms with van der Waals surface area (Å²) in [6.45, 7) is 10.9. The number of ketones is 1. The summed E-state index contributed by atoms with van der Waals surface area (Å²) in [4.78, 5) is 12.5. The van der Waals surface area contributed by atoms with Gasteiger partial charge in [0.25, 0.3) is 0 Å². The zero-order valence-electron chi connectivity index (χ0n) is 14.3. The lowest BCUT2D eigenvalue weighted by Gasteiger charge is -2.26. The van der Waals surface area contributed by atoms with Crippen LogP contribution in [0.15, 0.2) is 6.07 Å². The summed E-state index contributed by atoms with van der Waals surface area (Å²) in [7, 11) is 0. The lowest BCUT2D eigenvalue weighted by Crippen LogP contribution is -2.39. The number of hydrogen-bond donors (Lipinski definition) is 1. The van der Waals surface area contributed by atoms with Crippen LogP contribution in [0.2, 0.25) is 0 Å². The average Bonchev–Trinajstić information content (AvgIpc) is 2.71. The van der Waals surface area contributed by atoms with Crippen molar-refractivity contribution in [1.29, 1.82) is 0 Å². The topological polar surface area (TPSA) is 34.0 Å². The summed E-state index contributed by atoms with van der Waals surface area (Å²) in [6, 6.07) is 2.67. The number of hydrogen-bond acceptors (Lipinski definition) is 2. The summed E-state index contributed by atoms with van der Waals surface area (Å²) in [5, 5.41) is 3.30. The first-order chi connectivity index (χ1) is 9.79. The van der Waals surface area contributed by atoms with Crippen molar-refractivity contribution in [3.63, 3.8) is 0 Å². The molecule has 0 bridgehead atoms. The molecular weight excluding hydrogens is 260 g/mol. The van der Waals surface area contributed by atoms with E-state index in [4.69, 9.17) is 0 Å². The number of nitrogens with one attached hydrogen (secondary N) is 1. The third-order valence-corrected chi connectivity index (χ3v) is 4.50. The second-order valence-electron chi connectivity index (χ2n) is 7.47. The minimum absolute atomic E-state index is 0.0233. The second-order valence-corrected chi connectivity index (χ2v) is 7.47. The van der Waals surface area contributed by atoms with Crippen LogP contribution >= 0.6 is 0 Å². The van der Waals surface area contributed by atoms with Crippen molar-refractivity contribution >= 4 is 5.78 Å². The Kier molecular flexibility index (Phi) is 4.92. The molecule has 118 valence electrons. The Balaban J connectivity index is 2.16. The molecule has 1 aromatic rings. The maximum absolute atomic E-state index is 12.5. The maximum Gasteiger partial charge on any atom is 0.178 e. The number of rotatable bonds is 4. The Morgan fingerprint density at radius 3 is 2.43 bits per heavy atom. The summed E-state index contributed by atoms with van der Waals surface area (Å²) in [6.07, 6.45) is 6.50. The van der Waals surface area contributed by atoms with E-state index in [1.807, 2.05) is 0 Å². The minimum Gasteiger partial charge on any atom is -0.345 e. The fourth-order valence-electron chi connectivity index (χ4n) is 3.40. The summed E-state index contributed by atoms with van der Waals surface area (Å²) in [5.41, 5.74) is 3.26. The van der Waals surface area contributed by atoms with Crippen LogP contribution in [0.5, 0.6) is 0 Å². The number of carbonyl (C=O) groups excluding carboxylic acids is 1. The molecule has 0 aliphatic heterocycles. The molecule has 1 heterocycles. The second kappa shape index (κ2) is 6.35. The molecule has 0 radical (unpaired) electrons. The maximum atomic E-state index is 12.5. The van der Waals surface area contributed by atoms with Gasteiger partial charge < -0.3 is 9.88 Å². The van der Waals surface area contributed by atoms with Gasteiger partial charge >= 0.3 is 0 Å². The first-order valence-corrected chi connectivity index (χ1v) is 8.26. The molecule has 0 spiro atoms. The normalized spacial score (nSPS) is 17.2. The van der Waals surface area contributed by atoms with Gasteiger partial charge in [0.2, 0.25) is 0 Å². The molecule has 0 aromatic carbocycles. The highest BCUT2D eigenvalue weighted by atomic mass is 16.1. The van der Waals surface area contributed by atoms with Gasteiger partial charge in [0, 0.05) is 28.5 Å². The highest BCUT2D eigenvalue weighted by Crippen LogP contribution is 2.32. The monoisotopic (exact) mass is 290 g/mol. The Bertz CT molecular complexity index is 502. The molecule has 0 unspecified atom stereocenters. The quantitative estimate of drug-likeness (QED) is 0.844. The van der Waals surface area contributed by atoms with Crippen molar-refractivity contribution in [3.05, 3.63) is 23.0 Å². The average molecular weight is 290 g/mol. The van der Waals surface area contributed by atoms with E-state index in [2.05, 4.69) is 50.6 Å². The first kappa shape index (κ1) is 16.3. The molecule has 1 saturated carbocycles. The fourth-order valence-corrected chi connectivity index (χ4v) is 3.40. The van der Waals surface area contributed by atoms with Crippen LogP contribution in [-0.2, 0) is 0 Å². The number of aryl methyl sites for hydroxylation is 1. The van der Waals surface area contributed by atoms with Gasteiger partial charge in [-0.1, -0.05) is 19.3 Å². The third kappa shape index (κ3) is 3.97. The van der Waals surface area contributed by atoms with Crippen LogP contribution in [0.1, 0.15) is 80.7 Å². The number of Topliss-reactive ketones (excluding diaryl/α,β-unsaturated/α-hetero) is 1. The smallest absolute Gasteiger partial charge is 0.178 e.